The van der Waals surface area contributed by atoms with Gasteiger partial charge >= 0.3 is 16.9 Å². The molecule has 0 unspecified atom stereocenters. The Morgan fingerprint density at radius 1 is 0.280 bits per heavy atom. The van der Waals surface area contributed by atoms with Crippen molar-refractivity contribution >= 4 is 0 Å². The molecule has 0 bridgehead atoms. The van der Waals surface area contributed by atoms with Crippen molar-refractivity contribution in [3.05, 3.63) is 228 Å². The summed E-state index contributed by atoms with van der Waals surface area (Å²) in [5.74, 6) is 4.51. The van der Waals surface area contributed by atoms with Crippen LogP contribution in [0, 0.1) is 0 Å². The molecule has 0 N–H and O–H groups in total. The first kappa shape index (κ1) is 50.1. The van der Waals surface area contributed by atoms with Crippen LogP contribution >= 0.6 is 0 Å². The highest BCUT2D eigenvalue weighted by Crippen LogP contribution is 2.39. The topological polar surface area (TPSA) is 118 Å². The standard InChI is InChI=1S/3C22H20O3/c3*1-24-17-13-11-16(12-14-17)21-19-10-6-5-9-18(19)20(22(23)25-21)15-7-3-2-4-8-15/h3*2-4,7-8,11-14H,5-6,9-10H2,1H3. The minimum Gasteiger partial charge on any atom is -0.497 e. The lowest BCUT2D eigenvalue weighted by Gasteiger charge is -2.21. The van der Waals surface area contributed by atoms with Gasteiger partial charge in [-0.05, 0) is 200 Å². The van der Waals surface area contributed by atoms with E-state index in [1.807, 2.05) is 164 Å². The van der Waals surface area contributed by atoms with Crippen LogP contribution in [0.1, 0.15) is 71.9 Å². The van der Waals surface area contributed by atoms with Crippen molar-refractivity contribution in [2.45, 2.75) is 77.0 Å². The zero-order chi connectivity index (χ0) is 51.7. The second-order valence-corrected chi connectivity index (χ2v) is 19.1. The van der Waals surface area contributed by atoms with Gasteiger partial charge in [0.2, 0.25) is 0 Å². The fraction of sp³-hybridized carbons (Fsp3) is 0.227. The highest BCUT2D eigenvalue weighted by Gasteiger charge is 2.27. The lowest BCUT2D eigenvalue weighted by molar-refractivity contribution is 0.414. The Morgan fingerprint density at radius 3 is 0.733 bits per heavy atom. The van der Waals surface area contributed by atoms with Gasteiger partial charge in [0.05, 0.1) is 38.0 Å². The van der Waals surface area contributed by atoms with Crippen molar-refractivity contribution in [2.75, 3.05) is 21.3 Å². The maximum atomic E-state index is 12.8. The van der Waals surface area contributed by atoms with Crippen LogP contribution in [0.2, 0.25) is 0 Å². The smallest absolute Gasteiger partial charge is 0.344 e. The predicted octanol–water partition coefficient (Wildman–Crippen LogP) is 14.6. The Morgan fingerprint density at radius 2 is 0.507 bits per heavy atom. The Labute approximate surface area is 437 Å². The lowest BCUT2D eigenvalue weighted by Crippen LogP contribution is -2.15. The molecule has 3 aromatic heterocycles. The van der Waals surface area contributed by atoms with Gasteiger partial charge in [-0.2, -0.15) is 0 Å². The minimum absolute atomic E-state index is 0.252. The maximum Gasteiger partial charge on any atom is 0.344 e. The zero-order valence-corrected chi connectivity index (χ0v) is 42.7. The lowest BCUT2D eigenvalue weighted by atomic mass is 9.85. The maximum absolute atomic E-state index is 12.8. The van der Waals surface area contributed by atoms with Gasteiger partial charge in [0.25, 0.3) is 0 Å². The van der Waals surface area contributed by atoms with Crippen LogP contribution in [0.3, 0.4) is 0 Å². The van der Waals surface area contributed by atoms with Gasteiger partial charge in [0.15, 0.2) is 0 Å². The third kappa shape index (κ3) is 10.8. The first-order valence-electron chi connectivity index (χ1n) is 26.0. The van der Waals surface area contributed by atoms with E-state index in [-0.39, 0.29) is 16.9 Å². The summed E-state index contributed by atoms with van der Waals surface area (Å²) in [6.45, 7) is 0. The molecule has 0 spiro atoms. The van der Waals surface area contributed by atoms with Gasteiger partial charge in [-0.25, -0.2) is 14.4 Å². The Bertz CT molecular complexity index is 3190. The minimum atomic E-state index is -0.252. The van der Waals surface area contributed by atoms with E-state index in [1.54, 1.807) is 21.3 Å². The zero-order valence-electron chi connectivity index (χ0n) is 42.7. The van der Waals surface area contributed by atoms with E-state index in [9.17, 15) is 14.4 Å². The number of hydrogen-bond donors (Lipinski definition) is 0. The van der Waals surface area contributed by atoms with Crippen LogP contribution < -0.4 is 31.1 Å². The van der Waals surface area contributed by atoms with E-state index in [0.717, 1.165) is 161 Å². The van der Waals surface area contributed by atoms with E-state index >= 15 is 0 Å². The Kier molecular flexibility index (Phi) is 15.5. The molecular formula is C66H60O9. The average Bonchev–Trinajstić information content (AvgIpc) is 3.48. The summed E-state index contributed by atoms with van der Waals surface area (Å²) >= 11 is 0. The van der Waals surface area contributed by atoms with Crippen LogP contribution in [0.25, 0.3) is 67.4 Å². The number of hydrogen-bond acceptors (Lipinski definition) is 9. The third-order valence-electron chi connectivity index (χ3n) is 14.6. The number of methoxy groups -OCH3 is 3. The summed E-state index contributed by atoms with van der Waals surface area (Å²) in [5, 5.41) is 0. The molecule has 0 aliphatic heterocycles. The molecule has 9 aromatic rings. The SMILES string of the molecule is COc1ccc(-c2oc(=O)c(-c3ccccc3)c3c2CCCC3)cc1.COc1ccc(-c2oc(=O)c(-c3ccccc3)c3c2CCCC3)cc1.COc1ccc(-c2oc(=O)c(-c3ccccc3)c3c2CCCC3)cc1. The fourth-order valence-corrected chi connectivity index (χ4v) is 10.9. The molecule has 0 amide bonds. The first-order valence-corrected chi connectivity index (χ1v) is 26.0. The molecule has 9 nitrogen and oxygen atoms in total. The van der Waals surface area contributed by atoms with Gasteiger partial charge in [-0.15, -0.1) is 0 Å². The van der Waals surface area contributed by atoms with Crippen molar-refractivity contribution in [2.24, 2.45) is 0 Å². The molecular weight excluding hydrogens is 937 g/mol. The van der Waals surface area contributed by atoms with Gasteiger partial charge in [0, 0.05) is 16.7 Å². The van der Waals surface area contributed by atoms with Crippen molar-refractivity contribution in [3.8, 4) is 84.6 Å². The largest absolute Gasteiger partial charge is 0.497 e. The van der Waals surface area contributed by atoms with Crippen LogP contribution in [0.4, 0.5) is 0 Å². The predicted molar refractivity (Wildman–Crippen MR) is 297 cm³/mol. The molecule has 3 heterocycles. The molecule has 75 heavy (non-hydrogen) atoms. The summed E-state index contributed by atoms with van der Waals surface area (Å²) in [5.41, 5.74) is 14.0. The summed E-state index contributed by atoms with van der Waals surface area (Å²) in [6, 6.07) is 52.6. The Hall–Kier alpha value is -8.43. The molecule has 3 aliphatic carbocycles. The van der Waals surface area contributed by atoms with Crippen molar-refractivity contribution in [3.63, 3.8) is 0 Å². The highest BCUT2D eigenvalue weighted by atomic mass is 16.5. The van der Waals surface area contributed by atoms with Crippen molar-refractivity contribution < 1.29 is 27.5 Å². The Balaban J connectivity index is 0.000000128. The number of ether oxygens (including phenoxy) is 3. The molecule has 6 aromatic carbocycles. The molecule has 0 saturated heterocycles. The van der Waals surface area contributed by atoms with Gasteiger partial charge in [0.1, 0.15) is 34.5 Å². The van der Waals surface area contributed by atoms with Crippen molar-refractivity contribution in [1.82, 2.24) is 0 Å². The number of rotatable bonds is 9. The average molecular weight is 997 g/mol. The van der Waals surface area contributed by atoms with Crippen LogP contribution in [0.5, 0.6) is 17.2 Å². The molecule has 0 saturated carbocycles. The van der Waals surface area contributed by atoms with Crippen LogP contribution in [-0.4, -0.2) is 21.3 Å². The first-order chi connectivity index (χ1) is 36.8. The van der Waals surface area contributed by atoms with Gasteiger partial charge in [-0.3, -0.25) is 0 Å². The van der Waals surface area contributed by atoms with E-state index in [4.69, 9.17) is 27.5 Å². The van der Waals surface area contributed by atoms with Crippen molar-refractivity contribution in [1.29, 1.82) is 0 Å². The van der Waals surface area contributed by atoms with Gasteiger partial charge < -0.3 is 27.5 Å². The quantitative estimate of drug-likeness (QED) is 0.139. The molecule has 3 aliphatic rings. The normalized spacial score (nSPS) is 13.3. The summed E-state index contributed by atoms with van der Waals surface area (Å²) in [4.78, 5) is 38.5. The third-order valence-corrected chi connectivity index (χ3v) is 14.6. The van der Waals surface area contributed by atoms with E-state index in [2.05, 4.69) is 0 Å². The molecule has 0 atom stereocenters. The second kappa shape index (κ2) is 23.2. The van der Waals surface area contributed by atoms with Gasteiger partial charge in [-0.1, -0.05) is 91.0 Å². The van der Waals surface area contributed by atoms with E-state index < -0.39 is 0 Å². The summed E-state index contributed by atoms with van der Waals surface area (Å²) < 4.78 is 33.2. The number of fused-ring (bicyclic) bond motifs is 3. The summed E-state index contributed by atoms with van der Waals surface area (Å²) in [6.07, 6.45) is 12.3. The molecule has 0 radical (unpaired) electrons. The molecule has 378 valence electrons. The van der Waals surface area contributed by atoms with E-state index in [1.165, 1.54) is 16.7 Å². The fourth-order valence-electron chi connectivity index (χ4n) is 10.9. The summed E-state index contributed by atoms with van der Waals surface area (Å²) in [7, 11) is 4.93. The van der Waals surface area contributed by atoms with E-state index in [0.29, 0.717) is 17.3 Å². The second-order valence-electron chi connectivity index (χ2n) is 19.1. The van der Waals surface area contributed by atoms with Crippen LogP contribution in [-0.2, 0) is 38.5 Å². The molecule has 0 fully saturated rings. The number of benzene rings is 6. The highest BCUT2D eigenvalue weighted by molar-refractivity contribution is 5.76. The van der Waals surface area contributed by atoms with Crippen LogP contribution in [0.15, 0.2) is 191 Å². The molecule has 12 rings (SSSR count). The molecule has 9 heteroatoms. The monoisotopic (exact) mass is 996 g/mol.